The Bertz CT molecular complexity index is 984. The number of benzene rings is 1. The van der Waals surface area contributed by atoms with Gasteiger partial charge in [0, 0.05) is 28.7 Å². The lowest BCUT2D eigenvalue weighted by atomic mass is 9.93. The van der Waals surface area contributed by atoms with Crippen LogP contribution in [0, 0.1) is 12.8 Å². The van der Waals surface area contributed by atoms with Crippen molar-refractivity contribution in [1.29, 1.82) is 0 Å². The summed E-state index contributed by atoms with van der Waals surface area (Å²) in [6.07, 6.45) is 2.96. The van der Waals surface area contributed by atoms with Gasteiger partial charge in [-0.05, 0) is 55.9 Å². The van der Waals surface area contributed by atoms with Gasteiger partial charge < -0.3 is 14.9 Å². The van der Waals surface area contributed by atoms with Gasteiger partial charge in [0.2, 0.25) is 0 Å². The number of nitrogens with zero attached hydrogens (tertiary/aromatic N) is 1. The number of aromatic amines is 1. The molecule has 5 nitrogen and oxygen atoms in total. The van der Waals surface area contributed by atoms with Gasteiger partial charge in [0.1, 0.15) is 10.4 Å². The van der Waals surface area contributed by atoms with E-state index in [-0.39, 0.29) is 5.56 Å². The molecule has 132 valence electrons. The zero-order valence-electron chi connectivity index (χ0n) is 14.5. The quantitative estimate of drug-likeness (QED) is 0.749. The Morgan fingerprint density at radius 1 is 1.28 bits per heavy atom. The summed E-state index contributed by atoms with van der Waals surface area (Å²) in [7, 11) is 1.66. The zero-order chi connectivity index (χ0) is 17.6. The van der Waals surface area contributed by atoms with Crippen molar-refractivity contribution in [3.05, 3.63) is 39.0 Å². The number of aryl methyl sites for hydroxylation is 1. The molecule has 0 amide bonds. The van der Waals surface area contributed by atoms with E-state index in [9.17, 15) is 10.0 Å². The predicted molar refractivity (Wildman–Crippen MR) is 101 cm³/mol. The minimum absolute atomic E-state index is 0.0165. The third-order valence-electron chi connectivity index (χ3n) is 5.14. The summed E-state index contributed by atoms with van der Waals surface area (Å²) in [6, 6.07) is 6.11. The standard InChI is InChI=1S/C19H22N2O3S/c1-11-7-13(24-2)9-15-16-10-14(8-12-3-5-21(23)6-4-12)25-18(16)19(22)20-17(11)15/h7,9-10,12,23H,3-6,8H2,1-2H3,(H,20,22). The summed E-state index contributed by atoms with van der Waals surface area (Å²) in [5.41, 5.74) is 1.88. The van der Waals surface area contributed by atoms with Gasteiger partial charge in [-0.25, -0.2) is 0 Å². The summed E-state index contributed by atoms with van der Waals surface area (Å²) in [5.74, 6) is 1.37. The predicted octanol–water partition coefficient (Wildman–Crippen LogP) is 3.70. The van der Waals surface area contributed by atoms with Gasteiger partial charge in [-0.2, -0.15) is 5.06 Å². The highest BCUT2D eigenvalue weighted by molar-refractivity contribution is 7.19. The molecule has 0 saturated carbocycles. The molecule has 1 fully saturated rings. The molecule has 0 atom stereocenters. The average molecular weight is 358 g/mol. The minimum Gasteiger partial charge on any atom is -0.497 e. The lowest BCUT2D eigenvalue weighted by Crippen LogP contribution is -2.31. The second kappa shape index (κ2) is 6.44. The third-order valence-corrected chi connectivity index (χ3v) is 6.30. The molecule has 6 heteroatoms. The number of aromatic nitrogens is 1. The fourth-order valence-electron chi connectivity index (χ4n) is 3.74. The first-order chi connectivity index (χ1) is 12.0. The van der Waals surface area contributed by atoms with Crippen LogP contribution in [0.3, 0.4) is 0 Å². The molecular formula is C19H22N2O3S. The van der Waals surface area contributed by atoms with Crippen LogP contribution in [0.2, 0.25) is 0 Å². The molecule has 1 aromatic carbocycles. The molecule has 0 bridgehead atoms. The Labute approximate surface area is 149 Å². The molecular weight excluding hydrogens is 336 g/mol. The number of pyridine rings is 1. The zero-order valence-corrected chi connectivity index (χ0v) is 15.3. The second-order valence-corrected chi connectivity index (χ2v) is 8.01. The number of ether oxygens (including phenoxy) is 1. The van der Waals surface area contributed by atoms with E-state index >= 15 is 0 Å². The maximum Gasteiger partial charge on any atom is 0.266 e. The Hall–Kier alpha value is -1.89. The van der Waals surface area contributed by atoms with E-state index in [1.54, 1.807) is 18.4 Å². The fraction of sp³-hybridized carbons (Fsp3) is 0.421. The van der Waals surface area contributed by atoms with E-state index in [0.29, 0.717) is 5.92 Å². The molecule has 0 radical (unpaired) electrons. The lowest BCUT2D eigenvalue weighted by Gasteiger charge is -2.26. The first kappa shape index (κ1) is 16.6. The Kier molecular flexibility index (Phi) is 4.27. The molecule has 0 spiro atoms. The summed E-state index contributed by atoms with van der Waals surface area (Å²) in [6.45, 7) is 3.45. The topological polar surface area (TPSA) is 65.6 Å². The van der Waals surface area contributed by atoms with Crippen molar-refractivity contribution in [2.24, 2.45) is 5.92 Å². The second-order valence-electron chi connectivity index (χ2n) is 6.88. The van der Waals surface area contributed by atoms with Crippen LogP contribution in [-0.2, 0) is 6.42 Å². The first-order valence-electron chi connectivity index (χ1n) is 8.62. The fourth-order valence-corrected chi connectivity index (χ4v) is 4.92. The van der Waals surface area contributed by atoms with Crippen LogP contribution >= 0.6 is 11.3 Å². The van der Waals surface area contributed by atoms with Crippen molar-refractivity contribution < 1.29 is 9.94 Å². The van der Waals surface area contributed by atoms with E-state index in [1.807, 2.05) is 19.1 Å². The van der Waals surface area contributed by atoms with Gasteiger partial charge in [0.15, 0.2) is 0 Å². The summed E-state index contributed by atoms with van der Waals surface area (Å²) < 4.78 is 6.19. The number of fused-ring (bicyclic) bond motifs is 3. The van der Waals surface area contributed by atoms with E-state index < -0.39 is 0 Å². The van der Waals surface area contributed by atoms with Crippen LogP contribution < -0.4 is 10.3 Å². The number of thiophene rings is 1. The highest BCUT2D eigenvalue weighted by Gasteiger charge is 2.20. The number of hydroxylamine groups is 2. The van der Waals surface area contributed by atoms with E-state index in [1.165, 1.54) is 9.94 Å². The summed E-state index contributed by atoms with van der Waals surface area (Å²) >= 11 is 1.59. The number of hydrogen-bond donors (Lipinski definition) is 2. The molecule has 4 rings (SSSR count). The smallest absolute Gasteiger partial charge is 0.266 e. The van der Waals surface area contributed by atoms with Crippen LogP contribution in [0.5, 0.6) is 5.75 Å². The molecule has 2 N–H and O–H groups in total. The largest absolute Gasteiger partial charge is 0.497 e. The van der Waals surface area contributed by atoms with Crippen molar-refractivity contribution in [1.82, 2.24) is 10.0 Å². The van der Waals surface area contributed by atoms with Crippen molar-refractivity contribution in [3.63, 3.8) is 0 Å². The van der Waals surface area contributed by atoms with Gasteiger partial charge in [-0.1, -0.05) is 0 Å². The molecule has 3 aromatic rings. The lowest BCUT2D eigenvalue weighted by molar-refractivity contribution is -0.111. The van der Waals surface area contributed by atoms with Crippen molar-refractivity contribution >= 4 is 32.3 Å². The molecule has 1 aliphatic heterocycles. The maximum absolute atomic E-state index is 12.5. The van der Waals surface area contributed by atoms with Gasteiger partial charge in [-0.15, -0.1) is 11.3 Å². The number of piperidine rings is 1. The number of nitrogens with one attached hydrogen (secondary N) is 1. The molecule has 0 unspecified atom stereocenters. The van der Waals surface area contributed by atoms with Crippen LogP contribution in [-0.4, -0.2) is 35.5 Å². The number of hydrogen-bond acceptors (Lipinski definition) is 5. The highest BCUT2D eigenvalue weighted by atomic mass is 32.1. The monoisotopic (exact) mass is 358 g/mol. The molecule has 2 aromatic heterocycles. The minimum atomic E-state index is -0.0165. The SMILES string of the molecule is COc1cc(C)c2[nH]c(=O)c3sc(CC4CCN(O)CC4)cc3c2c1. The molecule has 25 heavy (non-hydrogen) atoms. The molecule has 3 heterocycles. The number of methoxy groups -OCH3 is 1. The molecule has 1 aliphatic rings. The van der Waals surface area contributed by atoms with Gasteiger partial charge >= 0.3 is 0 Å². The van der Waals surface area contributed by atoms with Gasteiger partial charge in [0.05, 0.1) is 12.6 Å². The first-order valence-corrected chi connectivity index (χ1v) is 9.43. The van der Waals surface area contributed by atoms with Crippen molar-refractivity contribution in [2.45, 2.75) is 26.2 Å². The normalized spacial score (nSPS) is 16.8. The third kappa shape index (κ3) is 3.05. The molecule has 0 aliphatic carbocycles. The Morgan fingerprint density at radius 3 is 2.76 bits per heavy atom. The number of H-pyrrole nitrogens is 1. The Balaban J connectivity index is 1.78. The van der Waals surface area contributed by atoms with E-state index in [2.05, 4.69) is 11.1 Å². The van der Waals surface area contributed by atoms with Crippen molar-refractivity contribution in [3.8, 4) is 5.75 Å². The van der Waals surface area contributed by atoms with Crippen LogP contribution in [0.1, 0.15) is 23.3 Å². The van der Waals surface area contributed by atoms with Gasteiger partial charge in [0.25, 0.3) is 5.56 Å². The van der Waals surface area contributed by atoms with Crippen LogP contribution in [0.15, 0.2) is 23.0 Å². The molecule has 1 saturated heterocycles. The van der Waals surface area contributed by atoms with Crippen molar-refractivity contribution in [2.75, 3.05) is 20.2 Å². The van der Waals surface area contributed by atoms with E-state index in [0.717, 1.165) is 64.7 Å². The number of rotatable bonds is 3. The van der Waals surface area contributed by atoms with Crippen LogP contribution in [0.25, 0.3) is 21.0 Å². The summed E-state index contributed by atoms with van der Waals surface area (Å²) in [5, 5.41) is 13.0. The maximum atomic E-state index is 12.5. The van der Waals surface area contributed by atoms with Crippen LogP contribution in [0.4, 0.5) is 0 Å². The summed E-state index contributed by atoms with van der Waals surface area (Å²) in [4.78, 5) is 16.8. The average Bonchev–Trinajstić information content (AvgIpc) is 3.02. The highest BCUT2D eigenvalue weighted by Crippen LogP contribution is 2.34. The van der Waals surface area contributed by atoms with Gasteiger partial charge in [-0.3, -0.25) is 4.79 Å². The van der Waals surface area contributed by atoms with E-state index in [4.69, 9.17) is 4.74 Å². The Morgan fingerprint density at radius 2 is 2.04 bits per heavy atom.